The van der Waals surface area contributed by atoms with Crippen molar-refractivity contribution in [3.05, 3.63) is 29.8 Å². The third-order valence-electron chi connectivity index (χ3n) is 3.88. The quantitative estimate of drug-likeness (QED) is 0.735. The van der Waals surface area contributed by atoms with Crippen LogP contribution in [0.3, 0.4) is 0 Å². The maximum absolute atomic E-state index is 12.2. The standard InChI is InChI=1S/C16H24N2O/c1-3-18(4-2)15-9-7-14(8-10-15)16(19)13-17-11-5-6-12-17/h7-10H,3-6,11-13H2,1-2H3. The Balaban J connectivity index is 1.98. The van der Waals surface area contributed by atoms with Gasteiger partial charge < -0.3 is 4.90 Å². The summed E-state index contributed by atoms with van der Waals surface area (Å²) in [5.41, 5.74) is 2.03. The molecule has 3 heteroatoms. The number of anilines is 1. The predicted molar refractivity (Wildman–Crippen MR) is 80.0 cm³/mol. The summed E-state index contributed by atoms with van der Waals surface area (Å²) in [7, 11) is 0. The second-order valence-corrected chi connectivity index (χ2v) is 5.13. The van der Waals surface area contributed by atoms with E-state index in [0.29, 0.717) is 6.54 Å². The topological polar surface area (TPSA) is 23.6 Å². The molecular formula is C16H24N2O. The molecule has 0 aromatic heterocycles. The zero-order chi connectivity index (χ0) is 13.7. The average Bonchev–Trinajstić information content (AvgIpc) is 2.94. The van der Waals surface area contributed by atoms with Crippen LogP contribution in [0.1, 0.15) is 37.0 Å². The molecule has 0 bridgehead atoms. The smallest absolute Gasteiger partial charge is 0.176 e. The Morgan fingerprint density at radius 3 is 2.21 bits per heavy atom. The second-order valence-electron chi connectivity index (χ2n) is 5.13. The molecule has 1 saturated heterocycles. The van der Waals surface area contributed by atoms with Gasteiger partial charge >= 0.3 is 0 Å². The van der Waals surface area contributed by atoms with Gasteiger partial charge in [0.25, 0.3) is 0 Å². The SMILES string of the molecule is CCN(CC)c1ccc(C(=O)CN2CCCC2)cc1. The molecule has 19 heavy (non-hydrogen) atoms. The van der Waals surface area contributed by atoms with Gasteiger partial charge in [0.05, 0.1) is 6.54 Å². The number of Topliss-reactive ketones (excluding diaryl/α,β-unsaturated/α-hetero) is 1. The number of rotatable bonds is 6. The minimum Gasteiger partial charge on any atom is -0.372 e. The lowest BCUT2D eigenvalue weighted by Gasteiger charge is -2.21. The molecule has 0 radical (unpaired) electrons. The normalized spacial score (nSPS) is 15.7. The molecule has 104 valence electrons. The first kappa shape index (κ1) is 14.1. The van der Waals surface area contributed by atoms with Gasteiger partial charge in [0.15, 0.2) is 5.78 Å². The number of carbonyl (C=O) groups excluding carboxylic acids is 1. The molecule has 2 rings (SSSR count). The van der Waals surface area contributed by atoms with Crippen molar-refractivity contribution in [3.63, 3.8) is 0 Å². The lowest BCUT2D eigenvalue weighted by molar-refractivity contribution is 0.0945. The lowest BCUT2D eigenvalue weighted by Crippen LogP contribution is -2.27. The summed E-state index contributed by atoms with van der Waals surface area (Å²) < 4.78 is 0. The van der Waals surface area contributed by atoms with E-state index in [-0.39, 0.29) is 5.78 Å². The van der Waals surface area contributed by atoms with Crippen molar-refractivity contribution in [3.8, 4) is 0 Å². The van der Waals surface area contributed by atoms with Gasteiger partial charge in [-0.25, -0.2) is 0 Å². The van der Waals surface area contributed by atoms with Crippen LogP contribution in [-0.2, 0) is 0 Å². The molecule has 0 N–H and O–H groups in total. The summed E-state index contributed by atoms with van der Waals surface area (Å²) in [5.74, 6) is 0.244. The van der Waals surface area contributed by atoms with Gasteiger partial charge in [0.1, 0.15) is 0 Å². The zero-order valence-corrected chi connectivity index (χ0v) is 12.1. The van der Waals surface area contributed by atoms with Crippen LogP contribution in [0.15, 0.2) is 24.3 Å². The van der Waals surface area contributed by atoms with Gasteiger partial charge in [-0.05, 0) is 64.0 Å². The molecule has 1 aliphatic heterocycles. The van der Waals surface area contributed by atoms with Crippen LogP contribution in [0.4, 0.5) is 5.69 Å². The molecule has 1 fully saturated rings. The van der Waals surface area contributed by atoms with Gasteiger partial charge in [-0.15, -0.1) is 0 Å². The maximum Gasteiger partial charge on any atom is 0.176 e. The number of hydrogen-bond acceptors (Lipinski definition) is 3. The summed E-state index contributed by atoms with van der Waals surface area (Å²) in [6.07, 6.45) is 2.46. The second kappa shape index (κ2) is 6.71. The van der Waals surface area contributed by atoms with E-state index in [2.05, 4.69) is 35.8 Å². The van der Waals surface area contributed by atoms with Crippen LogP contribution < -0.4 is 4.90 Å². The van der Waals surface area contributed by atoms with E-state index >= 15 is 0 Å². The highest BCUT2D eigenvalue weighted by Gasteiger charge is 2.16. The number of hydrogen-bond donors (Lipinski definition) is 0. The molecule has 1 heterocycles. The summed E-state index contributed by atoms with van der Waals surface area (Å²) in [6.45, 7) is 9.01. The van der Waals surface area contributed by atoms with Crippen molar-refractivity contribution in [2.24, 2.45) is 0 Å². The van der Waals surface area contributed by atoms with Crippen LogP contribution in [0, 0.1) is 0 Å². The number of benzene rings is 1. The molecule has 1 aliphatic rings. The van der Waals surface area contributed by atoms with Crippen LogP contribution in [-0.4, -0.2) is 43.4 Å². The van der Waals surface area contributed by atoms with Gasteiger partial charge in [-0.3, -0.25) is 9.69 Å². The molecule has 0 unspecified atom stereocenters. The Morgan fingerprint density at radius 1 is 1.11 bits per heavy atom. The van der Waals surface area contributed by atoms with Crippen LogP contribution in [0.2, 0.25) is 0 Å². The first-order valence-electron chi connectivity index (χ1n) is 7.35. The fourth-order valence-electron chi connectivity index (χ4n) is 2.68. The van der Waals surface area contributed by atoms with Gasteiger partial charge in [0.2, 0.25) is 0 Å². The molecule has 0 spiro atoms. The Hall–Kier alpha value is -1.35. The van der Waals surface area contributed by atoms with E-state index in [1.165, 1.54) is 18.5 Å². The summed E-state index contributed by atoms with van der Waals surface area (Å²) in [6, 6.07) is 8.05. The number of nitrogens with zero attached hydrogens (tertiary/aromatic N) is 2. The third-order valence-corrected chi connectivity index (χ3v) is 3.88. The highest BCUT2D eigenvalue weighted by Crippen LogP contribution is 2.16. The average molecular weight is 260 g/mol. The minimum atomic E-state index is 0.244. The molecule has 0 aliphatic carbocycles. The highest BCUT2D eigenvalue weighted by atomic mass is 16.1. The van der Waals surface area contributed by atoms with E-state index in [4.69, 9.17) is 0 Å². The Kier molecular flexibility index (Phi) is 4.97. The fraction of sp³-hybridized carbons (Fsp3) is 0.562. The highest BCUT2D eigenvalue weighted by molar-refractivity contribution is 5.97. The largest absolute Gasteiger partial charge is 0.372 e. The fourth-order valence-corrected chi connectivity index (χ4v) is 2.68. The van der Waals surface area contributed by atoms with E-state index in [9.17, 15) is 4.79 Å². The Morgan fingerprint density at radius 2 is 1.68 bits per heavy atom. The number of ketones is 1. The Labute approximate surface area is 116 Å². The molecule has 0 atom stereocenters. The number of likely N-dealkylation sites (tertiary alicyclic amines) is 1. The van der Waals surface area contributed by atoms with Crippen molar-refractivity contribution >= 4 is 11.5 Å². The lowest BCUT2D eigenvalue weighted by atomic mass is 10.1. The van der Waals surface area contributed by atoms with Gasteiger partial charge in [0, 0.05) is 24.3 Å². The first-order chi connectivity index (χ1) is 9.24. The minimum absolute atomic E-state index is 0.244. The van der Waals surface area contributed by atoms with Crippen LogP contribution in [0.5, 0.6) is 0 Å². The molecule has 0 saturated carbocycles. The zero-order valence-electron chi connectivity index (χ0n) is 12.1. The molecular weight excluding hydrogens is 236 g/mol. The van der Waals surface area contributed by atoms with E-state index in [1.807, 2.05) is 12.1 Å². The van der Waals surface area contributed by atoms with Crippen molar-refractivity contribution < 1.29 is 4.79 Å². The predicted octanol–water partition coefficient (Wildman–Crippen LogP) is 2.81. The molecule has 3 nitrogen and oxygen atoms in total. The van der Waals surface area contributed by atoms with E-state index in [1.54, 1.807) is 0 Å². The summed E-state index contributed by atoms with van der Waals surface area (Å²) >= 11 is 0. The van der Waals surface area contributed by atoms with Crippen molar-refractivity contribution in [1.29, 1.82) is 0 Å². The first-order valence-corrected chi connectivity index (χ1v) is 7.35. The molecule has 1 aromatic rings. The molecule has 0 amide bonds. The monoisotopic (exact) mass is 260 g/mol. The summed E-state index contributed by atoms with van der Waals surface area (Å²) in [5, 5.41) is 0. The van der Waals surface area contributed by atoms with Crippen LogP contribution >= 0.6 is 0 Å². The maximum atomic E-state index is 12.2. The van der Waals surface area contributed by atoms with Gasteiger partial charge in [-0.1, -0.05) is 0 Å². The summed E-state index contributed by atoms with van der Waals surface area (Å²) in [4.78, 5) is 16.7. The van der Waals surface area contributed by atoms with Crippen LogP contribution in [0.25, 0.3) is 0 Å². The van der Waals surface area contributed by atoms with Crippen molar-refractivity contribution in [2.45, 2.75) is 26.7 Å². The van der Waals surface area contributed by atoms with E-state index < -0.39 is 0 Å². The van der Waals surface area contributed by atoms with E-state index in [0.717, 1.165) is 31.7 Å². The molecule has 1 aromatic carbocycles. The van der Waals surface area contributed by atoms with Gasteiger partial charge in [-0.2, -0.15) is 0 Å². The van der Waals surface area contributed by atoms with Crippen molar-refractivity contribution in [2.75, 3.05) is 37.6 Å². The van der Waals surface area contributed by atoms with Crippen molar-refractivity contribution in [1.82, 2.24) is 4.90 Å². The third kappa shape index (κ3) is 3.57. The Bertz CT molecular complexity index is 403. The number of carbonyl (C=O) groups is 1.